The molecule has 0 saturated heterocycles. The van der Waals surface area contributed by atoms with E-state index in [1.165, 1.54) is 6.82 Å². The van der Waals surface area contributed by atoms with Gasteiger partial charge in [0.15, 0.2) is 0 Å². The Balaban J connectivity index is 3.07. The van der Waals surface area contributed by atoms with Crippen LogP contribution in [-0.2, 0) is 11.2 Å². The van der Waals surface area contributed by atoms with Gasteiger partial charge in [-0.1, -0.05) is 0 Å². The molecule has 0 saturated carbocycles. The molecule has 1 amide bonds. The molecular formula is C13H19BN2O4. The lowest BCUT2D eigenvalue weighted by atomic mass is 9.85. The van der Waals surface area contributed by atoms with E-state index in [2.05, 4.69) is 5.23 Å². The first-order valence-corrected chi connectivity index (χ1v) is 6.29. The van der Waals surface area contributed by atoms with Crippen LogP contribution in [0.3, 0.4) is 0 Å². The van der Waals surface area contributed by atoms with Crippen molar-refractivity contribution in [2.24, 2.45) is 5.73 Å². The zero-order valence-electron chi connectivity index (χ0n) is 11.8. The summed E-state index contributed by atoms with van der Waals surface area (Å²) < 4.78 is 0. The largest absolute Gasteiger partial charge is 0.480 e. The quantitative estimate of drug-likeness (QED) is 0.551. The van der Waals surface area contributed by atoms with Crippen molar-refractivity contribution in [1.82, 2.24) is 5.23 Å². The van der Waals surface area contributed by atoms with Crippen molar-refractivity contribution < 1.29 is 19.7 Å². The normalized spacial score (nSPS) is 12.0. The molecule has 0 aliphatic rings. The summed E-state index contributed by atoms with van der Waals surface area (Å²) in [5.74, 6) is -1.55. The number of carbonyl (C=O) groups is 2. The number of aryl methyl sites for hydroxylation is 2. The average Bonchev–Trinajstić information content (AvgIpc) is 2.30. The molecule has 1 aromatic rings. The smallest absolute Gasteiger partial charge is 0.374 e. The lowest BCUT2D eigenvalue weighted by molar-refractivity contribution is -0.139. The molecule has 6 nitrogen and oxygen atoms in total. The molecular weight excluding hydrogens is 259 g/mol. The van der Waals surface area contributed by atoms with Gasteiger partial charge in [-0.25, -0.2) is 0 Å². The zero-order chi connectivity index (χ0) is 15.4. The third-order valence-electron chi connectivity index (χ3n) is 3.13. The van der Waals surface area contributed by atoms with Crippen LogP contribution in [0.5, 0.6) is 0 Å². The first kappa shape index (κ1) is 16.2. The molecule has 0 radical (unpaired) electrons. The van der Waals surface area contributed by atoms with Crippen LogP contribution >= 0.6 is 0 Å². The number of carboxylic acid groups (broad SMARTS) is 1. The lowest BCUT2D eigenvalue weighted by Gasteiger charge is -2.18. The van der Waals surface area contributed by atoms with E-state index in [9.17, 15) is 14.6 Å². The highest BCUT2D eigenvalue weighted by Gasteiger charge is 2.22. The van der Waals surface area contributed by atoms with Gasteiger partial charge < -0.3 is 21.1 Å². The number of amides is 1. The van der Waals surface area contributed by atoms with Crippen LogP contribution in [0, 0.1) is 13.8 Å². The monoisotopic (exact) mass is 278 g/mol. The SMILES string of the molecule is CB(O)NC(Cc1c(C)cc(C(N)=O)cc1C)C(=O)O. The van der Waals surface area contributed by atoms with Crippen molar-refractivity contribution in [2.45, 2.75) is 33.1 Å². The fourth-order valence-corrected chi connectivity index (χ4v) is 2.17. The van der Waals surface area contributed by atoms with Crippen LogP contribution in [0.1, 0.15) is 27.0 Å². The van der Waals surface area contributed by atoms with Gasteiger partial charge in [0.25, 0.3) is 0 Å². The van der Waals surface area contributed by atoms with Crippen molar-refractivity contribution in [3.05, 3.63) is 34.4 Å². The number of carboxylic acids is 1. The maximum Gasteiger partial charge on any atom is 0.374 e. The summed E-state index contributed by atoms with van der Waals surface area (Å²) in [7, 11) is -0.915. The van der Waals surface area contributed by atoms with E-state index in [0.29, 0.717) is 5.56 Å². The zero-order valence-corrected chi connectivity index (χ0v) is 11.8. The van der Waals surface area contributed by atoms with E-state index >= 15 is 0 Å². The highest BCUT2D eigenvalue weighted by Crippen LogP contribution is 2.18. The molecule has 1 rings (SSSR count). The number of nitrogens with two attached hydrogens (primary N) is 1. The Morgan fingerprint density at radius 3 is 2.20 bits per heavy atom. The van der Waals surface area contributed by atoms with Gasteiger partial charge >= 0.3 is 13.0 Å². The summed E-state index contributed by atoms with van der Waals surface area (Å²) in [6.45, 7) is 5.07. The van der Waals surface area contributed by atoms with Crippen LogP contribution in [-0.4, -0.2) is 35.1 Å². The van der Waals surface area contributed by atoms with E-state index in [0.717, 1.165) is 16.7 Å². The van der Waals surface area contributed by atoms with Crippen LogP contribution in [0.2, 0.25) is 6.82 Å². The number of hydrogen-bond acceptors (Lipinski definition) is 4. The van der Waals surface area contributed by atoms with Gasteiger partial charge in [0, 0.05) is 5.56 Å². The minimum Gasteiger partial charge on any atom is -0.480 e. The maximum absolute atomic E-state index is 11.2. The molecule has 1 atom stereocenters. The van der Waals surface area contributed by atoms with Crippen molar-refractivity contribution in [2.75, 3.05) is 0 Å². The molecule has 108 valence electrons. The molecule has 0 aliphatic carbocycles. The second-order valence-electron chi connectivity index (χ2n) is 4.89. The molecule has 0 fully saturated rings. The first-order valence-electron chi connectivity index (χ1n) is 6.29. The van der Waals surface area contributed by atoms with Crippen LogP contribution in [0.4, 0.5) is 0 Å². The number of primary amides is 1. The molecule has 0 aromatic heterocycles. The number of aliphatic carboxylic acids is 1. The number of rotatable bonds is 6. The highest BCUT2D eigenvalue weighted by atomic mass is 16.4. The van der Waals surface area contributed by atoms with Gasteiger partial charge in [0.1, 0.15) is 6.04 Å². The van der Waals surface area contributed by atoms with E-state index in [1.807, 2.05) is 0 Å². The summed E-state index contributed by atoms with van der Waals surface area (Å²) >= 11 is 0. The Hall–Kier alpha value is -1.86. The Kier molecular flexibility index (Phi) is 5.30. The standard InChI is InChI=1S/C13H19BN2O4/c1-7-4-9(12(15)17)5-8(2)10(7)6-11(13(18)19)16-14(3)20/h4-5,11,16,20H,6H2,1-3H3,(H2,15,17)(H,18,19). The van der Waals surface area contributed by atoms with E-state index < -0.39 is 25.0 Å². The molecule has 7 heteroatoms. The van der Waals surface area contributed by atoms with Crippen LogP contribution in [0.25, 0.3) is 0 Å². The second-order valence-corrected chi connectivity index (χ2v) is 4.89. The van der Waals surface area contributed by atoms with Crippen LogP contribution in [0.15, 0.2) is 12.1 Å². The molecule has 0 bridgehead atoms. The van der Waals surface area contributed by atoms with Gasteiger partial charge in [0.05, 0.1) is 0 Å². The van der Waals surface area contributed by atoms with E-state index in [-0.39, 0.29) is 6.42 Å². The molecule has 0 heterocycles. The number of carbonyl (C=O) groups excluding carboxylic acids is 1. The van der Waals surface area contributed by atoms with E-state index in [4.69, 9.17) is 10.8 Å². The van der Waals surface area contributed by atoms with Gasteiger partial charge in [-0.15, -0.1) is 0 Å². The molecule has 1 unspecified atom stereocenters. The van der Waals surface area contributed by atoms with Crippen molar-refractivity contribution >= 4 is 18.9 Å². The van der Waals surface area contributed by atoms with Crippen molar-refractivity contribution in [1.29, 1.82) is 0 Å². The fourth-order valence-electron chi connectivity index (χ4n) is 2.17. The summed E-state index contributed by atoms with van der Waals surface area (Å²) in [5.41, 5.74) is 8.08. The van der Waals surface area contributed by atoms with Crippen molar-refractivity contribution in [3.63, 3.8) is 0 Å². The Labute approximate surface area is 118 Å². The third kappa shape index (κ3) is 4.08. The number of benzene rings is 1. The Morgan fingerprint density at radius 2 is 1.85 bits per heavy atom. The van der Waals surface area contributed by atoms with Gasteiger partial charge in [-0.3, -0.25) is 9.59 Å². The minimum atomic E-state index is -1.04. The molecule has 0 aliphatic heterocycles. The summed E-state index contributed by atoms with van der Waals surface area (Å²) in [6.07, 6.45) is 0.219. The summed E-state index contributed by atoms with van der Waals surface area (Å²) in [6, 6.07) is 2.39. The first-order chi connectivity index (χ1) is 9.22. The van der Waals surface area contributed by atoms with Gasteiger partial charge in [0.2, 0.25) is 5.91 Å². The summed E-state index contributed by atoms with van der Waals surface area (Å²) in [4.78, 5) is 22.4. The van der Waals surface area contributed by atoms with Gasteiger partial charge in [-0.05, 0) is 55.9 Å². The average molecular weight is 278 g/mol. The second kappa shape index (κ2) is 6.54. The number of nitrogens with one attached hydrogen (secondary N) is 1. The molecule has 1 aromatic carbocycles. The molecule has 20 heavy (non-hydrogen) atoms. The highest BCUT2D eigenvalue weighted by molar-refractivity contribution is 6.46. The molecule has 5 N–H and O–H groups in total. The fraction of sp³-hybridized carbons (Fsp3) is 0.385. The number of hydrogen-bond donors (Lipinski definition) is 4. The minimum absolute atomic E-state index is 0.219. The Bertz CT molecular complexity index is 508. The Morgan fingerprint density at radius 1 is 1.35 bits per heavy atom. The summed E-state index contributed by atoms with van der Waals surface area (Å²) in [5, 5.41) is 21.0. The predicted octanol–water partition coefficient (Wildman–Crippen LogP) is 0.0979. The topological polar surface area (TPSA) is 113 Å². The third-order valence-corrected chi connectivity index (χ3v) is 3.13. The maximum atomic E-state index is 11.2. The molecule has 0 spiro atoms. The van der Waals surface area contributed by atoms with Gasteiger partial charge in [-0.2, -0.15) is 0 Å². The lowest BCUT2D eigenvalue weighted by Crippen LogP contribution is -2.46. The van der Waals surface area contributed by atoms with Crippen LogP contribution < -0.4 is 11.0 Å². The van der Waals surface area contributed by atoms with Crippen molar-refractivity contribution in [3.8, 4) is 0 Å². The predicted molar refractivity (Wildman–Crippen MR) is 76.5 cm³/mol. The van der Waals surface area contributed by atoms with E-state index in [1.54, 1.807) is 26.0 Å².